The van der Waals surface area contributed by atoms with E-state index in [1.165, 1.54) is 0 Å². The minimum atomic E-state index is -0.259. The average Bonchev–Trinajstić information content (AvgIpc) is 2.21. The number of hydrogen-bond donors (Lipinski definition) is 0. The molecule has 0 N–H and O–H groups in total. The zero-order valence-electron chi connectivity index (χ0n) is 9.32. The molecule has 0 aromatic heterocycles. The highest BCUT2D eigenvalue weighted by Gasteiger charge is 2.33. The predicted octanol–water partition coefficient (Wildman–Crippen LogP) is 2.58. The van der Waals surface area contributed by atoms with Crippen molar-refractivity contribution in [2.24, 2.45) is 0 Å². The summed E-state index contributed by atoms with van der Waals surface area (Å²) in [5.74, 6) is -0.217. The van der Waals surface area contributed by atoms with E-state index >= 15 is 0 Å². The third-order valence-electron chi connectivity index (χ3n) is 2.19. The first-order chi connectivity index (χ1) is 7.54. The van der Waals surface area contributed by atoms with Crippen LogP contribution < -0.4 is 0 Å². The second-order valence-electron chi connectivity index (χ2n) is 3.52. The third-order valence-corrected chi connectivity index (χ3v) is 3.91. The fraction of sp³-hybridized carbons (Fsp3) is 0.900. The SMILES string of the molecule is CCOC(=O)C(Br)CCC(Br)C1OC(C)O1. The van der Waals surface area contributed by atoms with E-state index in [9.17, 15) is 4.79 Å². The van der Waals surface area contributed by atoms with Crippen LogP contribution >= 0.6 is 31.9 Å². The Kier molecular flexibility index (Phi) is 6.25. The molecule has 0 bridgehead atoms. The smallest absolute Gasteiger partial charge is 0.319 e. The van der Waals surface area contributed by atoms with Crippen LogP contribution in [-0.4, -0.2) is 34.8 Å². The summed E-state index contributed by atoms with van der Waals surface area (Å²) in [6, 6.07) is 0. The van der Waals surface area contributed by atoms with Crippen molar-refractivity contribution in [1.29, 1.82) is 0 Å². The number of carbonyl (C=O) groups is 1. The van der Waals surface area contributed by atoms with Gasteiger partial charge in [-0.15, -0.1) is 0 Å². The zero-order chi connectivity index (χ0) is 12.1. The molecule has 0 aromatic rings. The number of carbonyl (C=O) groups excluding carboxylic acids is 1. The molecule has 2 atom stereocenters. The lowest BCUT2D eigenvalue weighted by molar-refractivity contribution is -0.374. The van der Waals surface area contributed by atoms with Crippen LogP contribution in [0.2, 0.25) is 0 Å². The van der Waals surface area contributed by atoms with E-state index in [-0.39, 0.29) is 28.2 Å². The van der Waals surface area contributed by atoms with E-state index in [2.05, 4.69) is 31.9 Å². The number of alkyl halides is 2. The highest BCUT2D eigenvalue weighted by atomic mass is 79.9. The summed E-state index contributed by atoms with van der Waals surface area (Å²) in [6.45, 7) is 4.05. The van der Waals surface area contributed by atoms with Gasteiger partial charge in [-0.05, 0) is 26.7 Å². The van der Waals surface area contributed by atoms with Crippen LogP contribution in [0.1, 0.15) is 26.7 Å². The van der Waals surface area contributed by atoms with E-state index in [4.69, 9.17) is 14.2 Å². The van der Waals surface area contributed by atoms with Gasteiger partial charge in [0.25, 0.3) is 0 Å². The van der Waals surface area contributed by atoms with Gasteiger partial charge in [-0.25, -0.2) is 0 Å². The molecule has 0 radical (unpaired) electrons. The van der Waals surface area contributed by atoms with Crippen molar-refractivity contribution in [1.82, 2.24) is 0 Å². The van der Waals surface area contributed by atoms with E-state index < -0.39 is 0 Å². The van der Waals surface area contributed by atoms with Crippen molar-refractivity contribution >= 4 is 37.8 Å². The fourth-order valence-electron chi connectivity index (χ4n) is 1.35. The summed E-state index contributed by atoms with van der Waals surface area (Å²) in [5, 5.41) is 0. The lowest BCUT2D eigenvalue weighted by Gasteiger charge is -2.36. The molecule has 0 saturated carbocycles. The maximum atomic E-state index is 11.3. The first-order valence-electron chi connectivity index (χ1n) is 5.30. The first kappa shape index (κ1) is 14.4. The van der Waals surface area contributed by atoms with E-state index in [1.807, 2.05) is 6.92 Å². The monoisotopic (exact) mass is 358 g/mol. The van der Waals surface area contributed by atoms with Crippen molar-refractivity contribution < 1.29 is 19.0 Å². The number of halogens is 2. The molecule has 1 fully saturated rings. The molecule has 1 aliphatic rings. The Morgan fingerprint density at radius 1 is 1.38 bits per heavy atom. The predicted molar refractivity (Wildman–Crippen MR) is 66.7 cm³/mol. The van der Waals surface area contributed by atoms with Gasteiger partial charge in [0.15, 0.2) is 12.6 Å². The molecule has 16 heavy (non-hydrogen) atoms. The number of rotatable bonds is 6. The van der Waals surface area contributed by atoms with Crippen molar-refractivity contribution in [2.75, 3.05) is 6.61 Å². The second kappa shape index (κ2) is 6.93. The lowest BCUT2D eigenvalue weighted by Crippen LogP contribution is -2.44. The zero-order valence-corrected chi connectivity index (χ0v) is 12.5. The van der Waals surface area contributed by atoms with Gasteiger partial charge in [-0.1, -0.05) is 31.9 Å². The molecular weight excluding hydrogens is 344 g/mol. The molecule has 4 nitrogen and oxygen atoms in total. The van der Waals surface area contributed by atoms with Gasteiger partial charge in [0, 0.05) is 0 Å². The highest BCUT2D eigenvalue weighted by molar-refractivity contribution is 9.10. The van der Waals surface area contributed by atoms with E-state index in [0.29, 0.717) is 13.0 Å². The first-order valence-corrected chi connectivity index (χ1v) is 7.13. The van der Waals surface area contributed by atoms with Crippen LogP contribution in [0.25, 0.3) is 0 Å². The Hall–Kier alpha value is 0.350. The fourth-order valence-corrected chi connectivity index (χ4v) is 2.26. The summed E-state index contributed by atoms with van der Waals surface area (Å²) >= 11 is 6.77. The van der Waals surface area contributed by atoms with Gasteiger partial charge < -0.3 is 14.2 Å². The molecule has 1 aliphatic heterocycles. The molecule has 0 spiro atoms. The van der Waals surface area contributed by atoms with Crippen molar-refractivity contribution in [2.45, 2.75) is 48.9 Å². The quantitative estimate of drug-likeness (QED) is 0.540. The molecule has 94 valence electrons. The van der Waals surface area contributed by atoms with Crippen LogP contribution in [0.4, 0.5) is 0 Å². The maximum Gasteiger partial charge on any atom is 0.319 e. The van der Waals surface area contributed by atoms with Gasteiger partial charge in [-0.3, -0.25) is 4.79 Å². The molecule has 0 amide bonds. The van der Waals surface area contributed by atoms with Crippen molar-refractivity contribution in [3.63, 3.8) is 0 Å². The summed E-state index contributed by atoms with van der Waals surface area (Å²) in [7, 11) is 0. The molecule has 1 heterocycles. The number of ether oxygens (including phenoxy) is 3. The summed E-state index contributed by atoms with van der Waals surface area (Å²) in [4.78, 5) is 11.2. The van der Waals surface area contributed by atoms with E-state index in [1.54, 1.807) is 6.92 Å². The standard InChI is InChI=1S/C10H16Br2O4/c1-3-14-9(13)7(11)4-5-8(12)10-15-6(2)16-10/h6-8,10H,3-5H2,1-2H3. The Morgan fingerprint density at radius 3 is 2.50 bits per heavy atom. The van der Waals surface area contributed by atoms with Crippen LogP contribution in [-0.2, 0) is 19.0 Å². The van der Waals surface area contributed by atoms with Gasteiger partial charge in [0.2, 0.25) is 0 Å². The van der Waals surface area contributed by atoms with Crippen LogP contribution in [0, 0.1) is 0 Å². The largest absolute Gasteiger partial charge is 0.465 e. The number of esters is 1. The minimum absolute atomic E-state index is 0.109. The summed E-state index contributed by atoms with van der Waals surface area (Å²) in [6.07, 6.45) is 1.16. The molecule has 0 aliphatic carbocycles. The molecule has 6 heteroatoms. The third kappa shape index (κ3) is 4.31. The normalized spacial score (nSPS) is 28.0. The molecule has 0 aromatic carbocycles. The van der Waals surface area contributed by atoms with E-state index in [0.717, 1.165) is 6.42 Å². The van der Waals surface area contributed by atoms with Gasteiger partial charge in [-0.2, -0.15) is 0 Å². The topological polar surface area (TPSA) is 44.8 Å². The maximum absolute atomic E-state index is 11.3. The van der Waals surface area contributed by atoms with Gasteiger partial charge >= 0.3 is 5.97 Å². The summed E-state index contributed by atoms with van der Waals surface area (Å²) in [5.41, 5.74) is 0. The molecular formula is C10H16Br2O4. The average molecular weight is 360 g/mol. The Bertz CT molecular complexity index is 231. The molecule has 1 rings (SSSR count). The summed E-state index contributed by atoms with van der Waals surface area (Å²) < 4.78 is 15.6. The van der Waals surface area contributed by atoms with Crippen LogP contribution in [0.5, 0.6) is 0 Å². The second-order valence-corrected chi connectivity index (χ2v) is 5.80. The van der Waals surface area contributed by atoms with Gasteiger partial charge in [0.1, 0.15) is 4.83 Å². The Morgan fingerprint density at radius 2 is 2.00 bits per heavy atom. The van der Waals surface area contributed by atoms with Crippen molar-refractivity contribution in [3.8, 4) is 0 Å². The minimum Gasteiger partial charge on any atom is -0.465 e. The molecule has 2 unspecified atom stereocenters. The lowest BCUT2D eigenvalue weighted by atomic mass is 10.2. The van der Waals surface area contributed by atoms with Crippen LogP contribution in [0.15, 0.2) is 0 Å². The van der Waals surface area contributed by atoms with Crippen molar-refractivity contribution in [3.05, 3.63) is 0 Å². The highest BCUT2D eigenvalue weighted by Crippen LogP contribution is 2.27. The van der Waals surface area contributed by atoms with Gasteiger partial charge in [0.05, 0.1) is 11.4 Å². The number of hydrogen-bond acceptors (Lipinski definition) is 4. The Labute approximate surface area is 112 Å². The Balaban J connectivity index is 2.16. The molecule has 1 saturated heterocycles. The van der Waals surface area contributed by atoms with Crippen LogP contribution in [0.3, 0.4) is 0 Å².